The van der Waals surface area contributed by atoms with Gasteiger partial charge in [0, 0.05) is 6.42 Å². The lowest BCUT2D eigenvalue weighted by Gasteiger charge is -2.09. The molecule has 0 heterocycles. The second-order valence-electron chi connectivity index (χ2n) is 12.7. The lowest BCUT2D eigenvalue weighted by atomic mass is 10.1. The Kier molecular flexibility index (Phi) is 49.2. The number of ether oxygens (including phenoxy) is 14. The zero-order chi connectivity index (χ0) is 41.2. The fourth-order valence-electron chi connectivity index (χ4n) is 4.78. The Morgan fingerprint density at radius 2 is 0.509 bits per heavy atom. The second-order valence-corrected chi connectivity index (χ2v) is 12.7. The van der Waals surface area contributed by atoms with E-state index in [1.165, 1.54) is 44.9 Å². The second kappa shape index (κ2) is 50.6. The van der Waals surface area contributed by atoms with Gasteiger partial charge < -0.3 is 66.3 Å². The first-order chi connectivity index (χ1) is 28.2. The van der Waals surface area contributed by atoms with Crippen molar-refractivity contribution in [2.45, 2.75) is 84.5 Å². The molecule has 0 rings (SSSR count). The van der Waals surface area contributed by atoms with Crippen LogP contribution < -0.4 is 0 Å². The summed E-state index contributed by atoms with van der Waals surface area (Å²) < 4.78 is 75.5. The van der Waals surface area contributed by atoms with E-state index in [9.17, 15) is 9.59 Å². The van der Waals surface area contributed by atoms with Crippen molar-refractivity contribution in [1.29, 1.82) is 0 Å². The van der Waals surface area contributed by atoms with Crippen molar-refractivity contribution in [3.05, 3.63) is 0 Å². The number of rotatable bonds is 50. The third-order valence-corrected chi connectivity index (χ3v) is 7.82. The van der Waals surface area contributed by atoms with Crippen molar-refractivity contribution in [3.8, 4) is 0 Å². The van der Waals surface area contributed by atoms with Crippen molar-refractivity contribution in [2.24, 2.45) is 0 Å². The Morgan fingerprint density at radius 3 is 0.807 bits per heavy atom. The van der Waals surface area contributed by atoms with Gasteiger partial charge in [0.1, 0.15) is 6.61 Å². The van der Waals surface area contributed by atoms with Gasteiger partial charge in [0.15, 0.2) is 0 Å². The summed E-state index contributed by atoms with van der Waals surface area (Å²) in [7, 11) is 0. The molecule has 16 heteroatoms. The average molecular weight is 829 g/mol. The van der Waals surface area contributed by atoms with E-state index in [1.807, 2.05) is 0 Å². The third-order valence-electron chi connectivity index (χ3n) is 7.82. The monoisotopic (exact) mass is 829 g/mol. The van der Waals surface area contributed by atoms with Crippen LogP contribution in [0.15, 0.2) is 0 Å². The fraction of sp³-hybridized carbons (Fsp3) is 0.951. The topological polar surface area (TPSA) is 163 Å². The van der Waals surface area contributed by atoms with Crippen LogP contribution in [0.25, 0.3) is 0 Å². The number of hydrogen-bond donors (Lipinski definition) is 0. The Labute approximate surface area is 343 Å². The molecule has 0 N–H and O–H groups in total. The normalized spacial score (nSPS) is 11.4. The fourth-order valence-corrected chi connectivity index (χ4v) is 4.78. The number of unbranched alkanes of at least 4 members (excludes halogenated alkanes) is 8. The zero-order valence-corrected chi connectivity index (χ0v) is 35.7. The van der Waals surface area contributed by atoms with Crippen molar-refractivity contribution >= 4 is 11.9 Å². The molecule has 0 spiro atoms. The SMILES string of the molecule is CCCCCCCCCCCC(=O)OCCOCCOCCOCCOCCOCCOCCOCCOCCOCCOCCOCCOCCC(=O)OCC. The molecule has 0 aliphatic carbocycles. The van der Waals surface area contributed by atoms with Crippen molar-refractivity contribution in [2.75, 3.05) is 172 Å². The smallest absolute Gasteiger partial charge is 0.308 e. The van der Waals surface area contributed by atoms with Crippen molar-refractivity contribution < 1.29 is 75.9 Å². The minimum atomic E-state index is -0.254. The number of esters is 2. The highest BCUT2D eigenvalue weighted by atomic mass is 16.6. The van der Waals surface area contributed by atoms with Crippen LogP contribution in [0.1, 0.15) is 84.5 Å². The molecule has 0 aromatic rings. The number of carbonyl (C=O) groups excluding carboxylic acids is 2. The molecule has 0 unspecified atom stereocenters. The van der Waals surface area contributed by atoms with Gasteiger partial charge >= 0.3 is 11.9 Å². The Balaban J connectivity index is 3.12. The van der Waals surface area contributed by atoms with Gasteiger partial charge in [-0.15, -0.1) is 0 Å². The molecule has 0 amide bonds. The maximum absolute atomic E-state index is 11.8. The molecule has 16 nitrogen and oxygen atoms in total. The molecule has 0 aromatic carbocycles. The maximum atomic E-state index is 11.8. The number of hydrogen-bond acceptors (Lipinski definition) is 16. The summed E-state index contributed by atoms with van der Waals surface area (Å²) in [5, 5.41) is 0. The van der Waals surface area contributed by atoms with Crippen LogP contribution >= 0.6 is 0 Å². The van der Waals surface area contributed by atoms with Gasteiger partial charge in [-0.1, -0.05) is 58.3 Å². The van der Waals surface area contributed by atoms with E-state index in [1.54, 1.807) is 6.92 Å². The Bertz CT molecular complexity index is 794. The summed E-state index contributed by atoms with van der Waals surface area (Å²) in [6.45, 7) is 15.9. The van der Waals surface area contributed by atoms with E-state index in [-0.39, 0.29) is 25.0 Å². The molecular weight excluding hydrogens is 748 g/mol. The molecule has 0 atom stereocenters. The Hall–Kier alpha value is -1.54. The van der Waals surface area contributed by atoms with Crippen LogP contribution in [-0.2, 0) is 75.9 Å². The predicted octanol–water partition coefficient (Wildman–Crippen LogP) is 4.60. The molecule has 340 valence electrons. The van der Waals surface area contributed by atoms with E-state index < -0.39 is 0 Å². The zero-order valence-electron chi connectivity index (χ0n) is 35.7. The molecular formula is C41H80O16. The third kappa shape index (κ3) is 50.5. The summed E-state index contributed by atoms with van der Waals surface area (Å²) in [6, 6.07) is 0. The quantitative estimate of drug-likeness (QED) is 0.0617. The van der Waals surface area contributed by atoms with Gasteiger partial charge in [0.25, 0.3) is 0 Å². The maximum Gasteiger partial charge on any atom is 0.308 e. The lowest BCUT2D eigenvalue weighted by Crippen LogP contribution is -2.16. The molecule has 0 bridgehead atoms. The highest BCUT2D eigenvalue weighted by molar-refractivity contribution is 5.69. The summed E-state index contributed by atoms with van der Waals surface area (Å²) >= 11 is 0. The van der Waals surface area contributed by atoms with E-state index in [0.717, 1.165) is 12.8 Å². The van der Waals surface area contributed by atoms with Crippen molar-refractivity contribution in [3.63, 3.8) is 0 Å². The molecule has 0 fully saturated rings. The standard InChI is InChI=1S/C41H80O16/c1-3-5-6-7-8-9-10-11-12-13-40(42)57-39-38-55-37-36-54-35-34-53-33-32-52-31-30-51-29-28-50-27-26-49-25-24-48-23-22-47-21-20-46-19-18-45-17-16-44-15-14-41(43)56-4-2/h3-39H2,1-2H3. The molecule has 57 heavy (non-hydrogen) atoms. The van der Waals surface area contributed by atoms with Crippen LogP contribution in [-0.4, -0.2) is 184 Å². The summed E-state index contributed by atoms with van der Waals surface area (Å²) in [5.41, 5.74) is 0. The molecule has 0 saturated heterocycles. The van der Waals surface area contributed by atoms with E-state index in [0.29, 0.717) is 172 Å². The van der Waals surface area contributed by atoms with Gasteiger partial charge in [-0.05, 0) is 13.3 Å². The van der Waals surface area contributed by atoms with Crippen LogP contribution in [0.3, 0.4) is 0 Å². The lowest BCUT2D eigenvalue weighted by molar-refractivity contribution is -0.146. The first-order valence-electron chi connectivity index (χ1n) is 21.4. The first-order valence-corrected chi connectivity index (χ1v) is 21.4. The van der Waals surface area contributed by atoms with Gasteiger partial charge in [-0.25, -0.2) is 0 Å². The highest BCUT2D eigenvalue weighted by Gasteiger charge is 2.04. The Morgan fingerprint density at radius 1 is 0.263 bits per heavy atom. The molecule has 0 radical (unpaired) electrons. The van der Waals surface area contributed by atoms with E-state index in [2.05, 4.69) is 6.92 Å². The minimum absolute atomic E-state index is 0.141. The molecule has 0 aliphatic heterocycles. The summed E-state index contributed by atoms with van der Waals surface area (Å²) in [4.78, 5) is 23.0. The summed E-state index contributed by atoms with van der Waals surface area (Å²) in [6.07, 6.45) is 11.8. The largest absolute Gasteiger partial charge is 0.466 e. The number of carbonyl (C=O) groups is 2. The molecule has 0 aliphatic rings. The van der Waals surface area contributed by atoms with Gasteiger partial charge in [-0.3, -0.25) is 9.59 Å². The molecule has 0 aromatic heterocycles. The van der Waals surface area contributed by atoms with Gasteiger partial charge in [0.05, 0.1) is 172 Å². The van der Waals surface area contributed by atoms with Crippen molar-refractivity contribution in [1.82, 2.24) is 0 Å². The minimum Gasteiger partial charge on any atom is -0.466 e. The van der Waals surface area contributed by atoms with Crippen LogP contribution in [0.2, 0.25) is 0 Å². The van der Waals surface area contributed by atoms with Gasteiger partial charge in [-0.2, -0.15) is 0 Å². The first kappa shape index (κ1) is 55.5. The average Bonchev–Trinajstić information content (AvgIpc) is 3.21. The molecule has 0 saturated carbocycles. The predicted molar refractivity (Wildman–Crippen MR) is 214 cm³/mol. The van der Waals surface area contributed by atoms with Gasteiger partial charge in [0.2, 0.25) is 0 Å². The van der Waals surface area contributed by atoms with Crippen LogP contribution in [0.4, 0.5) is 0 Å². The van der Waals surface area contributed by atoms with Crippen LogP contribution in [0, 0.1) is 0 Å². The van der Waals surface area contributed by atoms with E-state index >= 15 is 0 Å². The van der Waals surface area contributed by atoms with Crippen LogP contribution in [0.5, 0.6) is 0 Å². The van der Waals surface area contributed by atoms with E-state index in [4.69, 9.17) is 66.3 Å². The highest BCUT2D eigenvalue weighted by Crippen LogP contribution is 2.10. The summed E-state index contributed by atoms with van der Waals surface area (Å²) in [5.74, 6) is -0.394.